The molecule has 1 aliphatic rings. The average Bonchev–Trinajstić information content (AvgIpc) is 3.13. The number of carbonyl (C=O) groups excluding carboxylic acids is 1. The summed E-state index contributed by atoms with van der Waals surface area (Å²) in [6.45, 7) is 0.0486. The topological polar surface area (TPSA) is 74.2 Å². The Bertz CT molecular complexity index is 486. The molecular weight excluding hydrogens is 230 g/mol. The highest BCUT2D eigenvalue weighted by Crippen LogP contribution is 2.18. The molecule has 0 radical (unpaired) electrons. The predicted molar refractivity (Wildman–Crippen MR) is 68.0 cm³/mol. The number of aliphatic hydroxyl groups excluding tert-OH is 1. The summed E-state index contributed by atoms with van der Waals surface area (Å²) in [4.78, 5) is 15.5. The summed E-state index contributed by atoms with van der Waals surface area (Å²) in [7, 11) is 0. The minimum absolute atomic E-state index is 0.0486. The van der Waals surface area contributed by atoms with Gasteiger partial charge in [-0.05, 0) is 25.0 Å². The third-order valence-corrected chi connectivity index (χ3v) is 2.38. The van der Waals surface area contributed by atoms with Gasteiger partial charge < -0.3 is 10.4 Å². The molecule has 3 N–H and O–H groups in total. The van der Waals surface area contributed by atoms with Gasteiger partial charge in [0.05, 0.1) is 6.61 Å². The van der Waals surface area contributed by atoms with Gasteiger partial charge in [-0.1, -0.05) is 11.8 Å². The lowest BCUT2D eigenvalue weighted by Crippen LogP contribution is -2.30. The molecule has 1 aliphatic carbocycles. The number of carbonyl (C=O) groups is 1. The number of anilines is 1. The van der Waals surface area contributed by atoms with Crippen LogP contribution in [0.25, 0.3) is 0 Å². The van der Waals surface area contributed by atoms with E-state index in [0.717, 1.165) is 18.4 Å². The van der Waals surface area contributed by atoms with Crippen molar-refractivity contribution in [2.24, 2.45) is 0 Å². The minimum Gasteiger partial charge on any atom is -0.395 e. The van der Waals surface area contributed by atoms with Gasteiger partial charge in [-0.25, -0.2) is 9.78 Å². The van der Waals surface area contributed by atoms with Gasteiger partial charge >= 0.3 is 6.03 Å². The molecule has 2 rings (SSSR count). The molecule has 1 fully saturated rings. The van der Waals surface area contributed by atoms with Gasteiger partial charge in [-0.2, -0.15) is 0 Å². The van der Waals surface area contributed by atoms with Gasteiger partial charge in [-0.3, -0.25) is 5.32 Å². The number of aromatic nitrogens is 1. The van der Waals surface area contributed by atoms with Gasteiger partial charge in [-0.15, -0.1) is 0 Å². The first kappa shape index (κ1) is 12.4. The Morgan fingerprint density at radius 2 is 2.39 bits per heavy atom. The predicted octanol–water partition coefficient (Wildman–Crippen LogP) is 1.10. The Kier molecular flexibility index (Phi) is 4.15. The zero-order valence-electron chi connectivity index (χ0n) is 9.94. The van der Waals surface area contributed by atoms with Gasteiger partial charge in [0, 0.05) is 24.2 Å². The first-order valence-electron chi connectivity index (χ1n) is 5.91. The van der Waals surface area contributed by atoms with E-state index in [2.05, 4.69) is 27.5 Å². The monoisotopic (exact) mass is 245 g/mol. The van der Waals surface area contributed by atoms with Gasteiger partial charge in [0.15, 0.2) is 0 Å². The van der Waals surface area contributed by atoms with Crippen LogP contribution in [0.15, 0.2) is 18.3 Å². The molecule has 0 aromatic carbocycles. The number of pyridine rings is 1. The average molecular weight is 245 g/mol. The molecule has 0 aliphatic heterocycles. The lowest BCUT2D eigenvalue weighted by atomic mass is 10.2. The van der Waals surface area contributed by atoms with Crippen LogP contribution in [0, 0.1) is 11.8 Å². The van der Waals surface area contributed by atoms with Gasteiger partial charge in [0.1, 0.15) is 5.82 Å². The van der Waals surface area contributed by atoms with Crippen LogP contribution in [0.1, 0.15) is 24.8 Å². The summed E-state index contributed by atoms with van der Waals surface area (Å²) in [6, 6.07) is 3.55. The maximum Gasteiger partial charge on any atom is 0.320 e. The van der Waals surface area contributed by atoms with E-state index >= 15 is 0 Å². The van der Waals surface area contributed by atoms with Crippen LogP contribution in [0.4, 0.5) is 10.6 Å². The number of hydrogen-bond acceptors (Lipinski definition) is 3. The highest BCUT2D eigenvalue weighted by atomic mass is 16.2. The number of rotatable bonds is 3. The smallest absolute Gasteiger partial charge is 0.320 e. The van der Waals surface area contributed by atoms with Gasteiger partial charge in [0.2, 0.25) is 0 Å². The van der Waals surface area contributed by atoms with Crippen molar-refractivity contribution < 1.29 is 9.90 Å². The fourth-order valence-corrected chi connectivity index (χ4v) is 1.36. The number of hydrogen-bond donors (Lipinski definition) is 3. The molecule has 1 saturated carbocycles. The third-order valence-electron chi connectivity index (χ3n) is 2.38. The lowest BCUT2D eigenvalue weighted by molar-refractivity contribution is 0.251. The van der Waals surface area contributed by atoms with E-state index in [4.69, 9.17) is 5.11 Å². The largest absolute Gasteiger partial charge is 0.395 e. The van der Waals surface area contributed by atoms with Crippen molar-refractivity contribution in [3.05, 3.63) is 23.9 Å². The Morgan fingerprint density at radius 3 is 3.11 bits per heavy atom. The van der Waals surface area contributed by atoms with Crippen molar-refractivity contribution in [2.75, 3.05) is 11.9 Å². The number of urea groups is 1. The molecule has 0 unspecified atom stereocenters. The van der Waals surface area contributed by atoms with Crippen LogP contribution < -0.4 is 10.6 Å². The number of nitrogens with one attached hydrogen (secondary N) is 2. The number of aliphatic hydroxyl groups is 1. The highest BCUT2D eigenvalue weighted by molar-refractivity contribution is 5.88. The number of amides is 2. The molecule has 1 heterocycles. The Labute approximate surface area is 106 Å². The van der Waals surface area contributed by atoms with Crippen molar-refractivity contribution in [3.63, 3.8) is 0 Å². The molecule has 0 bridgehead atoms. The van der Waals surface area contributed by atoms with Crippen LogP contribution in [0.2, 0.25) is 0 Å². The maximum absolute atomic E-state index is 11.5. The van der Waals surface area contributed by atoms with Crippen LogP contribution in [0.5, 0.6) is 0 Å². The molecule has 1 aromatic heterocycles. The normalized spacial score (nSPS) is 13.4. The van der Waals surface area contributed by atoms with Crippen molar-refractivity contribution in [2.45, 2.75) is 25.3 Å². The summed E-state index contributed by atoms with van der Waals surface area (Å²) >= 11 is 0. The minimum atomic E-state index is -0.231. The quantitative estimate of drug-likeness (QED) is 0.698. The zero-order valence-corrected chi connectivity index (χ0v) is 9.94. The molecule has 94 valence electrons. The van der Waals surface area contributed by atoms with Gasteiger partial charge in [0.25, 0.3) is 0 Å². The first-order chi connectivity index (χ1) is 8.78. The van der Waals surface area contributed by atoms with Crippen LogP contribution in [0.3, 0.4) is 0 Å². The summed E-state index contributed by atoms with van der Waals surface area (Å²) < 4.78 is 0. The fourth-order valence-electron chi connectivity index (χ4n) is 1.36. The SMILES string of the molecule is O=C(Nc1cc(C#CCCO)ccn1)NC1CC1. The molecule has 18 heavy (non-hydrogen) atoms. The summed E-state index contributed by atoms with van der Waals surface area (Å²) in [5.41, 5.74) is 0.764. The maximum atomic E-state index is 11.5. The summed E-state index contributed by atoms with van der Waals surface area (Å²) in [6.07, 6.45) is 4.13. The van der Waals surface area contributed by atoms with E-state index in [0.29, 0.717) is 18.3 Å². The number of nitrogens with zero attached hydrogens (tertiary/aromatic N) is 1. The Balaban J connectivity index is 1.93. The lowest BCUT2D eigenvalue weighted by Gasteiger charge is -2.05. The first-order valence-corrected chi connectivity index (χ1v) is 5.91. The molecule has 5 heteroatoms. The van der Waals surface area contributed by atoms with E-state index < -0.39 is 0 Å². The molecule has 0 spiro atoms. The van der Waals surface area contributed by atoms with Crippen molar-refractivity contribution in [3.8, 4) is 11.8 Å². The zero-order chi connectivity index (χ0) is 12.8. The van der Waals surface area contributed by atoms with Crippen LogP contribution in [-0.4, -0.2) is 28.8 Å². The van der Waals surface area contributed by atoms with Crippen LogP contribution >= 0.6 is 0 Å². The van der Waals surface area contributed by atoms with E-state index in [1.807, 2.05) is 0 Å². The molecule has 5 nitrogen and oxygen atoms in total. The van der Waals surface area contributed by atoms with E-state index in [-0.39, 0.29) is 12.6 Å². The molecule has 1 aromatic rings. The Morgan fingerprint density at radius 1 is 1.56 bits per heavy atom. The molecular formula is C13H15N3O2. The van der Waals surface area contributed by atoms with Crippen molar-refractivity contribution in [1.82, 2.24) is 10.3 Å². The molecule has 0 saturated heterocycles. The van der Waals surface area contributed by atoms with E-state index in [1.165, 1.54) is 0 Å². The van der Waals surface area contributed by atoms with Crippen molar-refractivity contribution in [1.29, 1.82) is 0 Å². The third kappa shape index (κ3) is 4.07. The van der Waals surface area contributed by atoms with Crippen LogP contribution in [-0.2, 0) is 0 Å². The van der Waals surface area contributed by atoms with Crippen molar-refractivity contribution >= 4 is 11.8 Å². The van der Waals surface area contributed by atoms with E-state index in [1.54, 1.807) is 18.3 Å². The Hall–Kier alpha value is -2.06. The second-order valence-electron chi connectivity index (χ2n) is 4.08. The highest BCUT2D eigenvalue weighted by Gasteiger charge is 2.23. The second-order valence-corrected chi connectivity index (χ2v) is 4.08. The van der Waals surface area contributed by atoms with E-state index in [9.17, 15) is 4.79 Å². The fraction of sp³-hybridized carbons (Fsp3) is 0.385. The summed E-state index contributed by atoms with van der Waals surface area (Å²) in [5.74, 6) is 6.18. The molecule has 2 amide bonds. The molecule has 0 atom stereocenters. The second kappa shape index (κ2) is 6.03. The standard InChI is InChI=1S/C13H15N3O2/c17-8-2-1-3-10-6-7-14-12(9-10)16-13(18)15-11-4-5-11/h6-7,9,11,17H,2,4-5,8H2,(H2,14,15,16,18). The summed E-state index contributed by atoms with van der Waals surface area (Å²) in [5, 5.41) is 14.1.